The number of phenolic OH excluding ortho intramolecular Hbond substituents is 2. The Bertz CT molecular complexity index is 2170. The summed E-state index contributed by atoms with van der Waals surface area (Å²) in [5.41, 5.74) is -1.97. The second-order valence-electron chi connectivity index (χ2n) is 8.54. The van der Waals surface area contributed by atoms with Crippen molar-refractivity contribution >= 4 is 65.3 Å². The van der Waals surface area contributed by atoms with Crippen molar-refractivity contribution in [2.24, 2.45) is 15.3 Å². The first-order valence-corrected chi connectivity index (χ1v) is 14.1. The average Bonchev–Trinajstić information content (AvgIpc) is 2.90. The third-order valence-electron chi connectivity index (χ3n) is 5.64. The van der Waals surface area contributed by atoms with Gasteiger partial charge in [-0.05, 0) is 23.6 Å². The van der Waals surface area contributed by atoms with Crippen LogP contribution in [0.5, 0.6) is 11.5 Å². The van der Waals surface area contributed by atoms with Gasteiger partial charge in [0, 0.05) is 40.7 Å². The van der Waals surface area contributed by atoms with Gasteiger partial charge in [0.1, 0.15) is 22.9 Å². The summed E-state index contributed by atoms with van der Waals surface area (Å²) < 4.78 is 65.6. The molecule has 0 saturated carbocycles. The number of aliphatic hydroxyl groups excluding tert-OH is 1. The molecule has 0 unspecified atom stereocenters. The van der Waals surface area contributed by atoms with E-state index >= 15 is 0 Å². The van der Waals surface area contributed by atoms with E-state index in [4.69, 9.17) is 0 Å². The first kappa shape index (κ1) is 41.7. The molecule has 236 valence electrons. The SMILES string of the molecule is O=C1C=C(O)C(N=Nc2c(O)cc([N+](=O)[O-])cc2[N+](=O)[O-])=C/C1=N/Nc1cc(S(=O)(=O)O)cc2cc(S(=O)(=O)O)cc(O)c12.[Fe].[Na+].[Na+]. The summed E-state index contributed by atoms with van der Waals surface area (Å²) in [6.07, 6.45) is 1.37. The van der Waals surface area contributed by atoms with Gasteiger partial charge in [0.25, 0.3) is 25.9 Å². The molecular formula is C22H14FeN6Na2O14S2+2. The van der Waals surface area contributed by atoms with E-state index in [1.54, 1.807) is 0 Å². The molecule has 0 amide bonds. The van der Waals surface area contributed by atoms with Crippen molar-refractivity contribution < 1.29 is 132 Å². The van der Waals surface area contributed by atoms with Crippen LogP contribution >= 0.6 is 0 Å². The predicted molar refractivity (Wildman–Crippen MR) is 146 cm³/mol. The number of hydrogen-bond acceptors (Lipinski definition) is 16. The summed E-state index contributed by atoms with van der Waals surface area (Å²) in [6, 6.07) is 3.99. The zero-order valence-electron chi connectivity index (χ0n) is 23.4. The van der Waals surface area contributed by atoms with Gasteiger partial charge in [-0.2, -0.15) is 21.9 Å². The predicted octanol–water partition coefficient (Wildman–Crippen LogP) is -2.97. The molecule has 0 heterocycles. The van der Waals surface area contributed by atoms with Crippen LogP contribution in [-0.4, -0.2) is 62.6 Å². The van der Waals surface area contributed by atoms with Crippen molar-refractivity contribution in [1.29, 1.82) is 0 Å². The molecule has 0 bridgehead atoms. The number of non-ortho nitro benzene ring substituents is 1. The van der Waals surface area contributed by atoms with Gasteiger partial charge in [-0.25, -0.2) is 0 Å². The van der Waals surface area contributed by atoms with Crippen LogP contribution in [0, 0.1) is 20.2 Å². The van der Waals surface area contributed by atoms with Gasteiger partial charge in [-0.1, -0.05) is 0 Å². The number of benzene rings is 3. The van der Waals surface area contributed by atoms with Gasteiger partial charge in [0.2, 0.25) is 11.5 Å². The summed E-state index contributed by atoms with van der Waals surface area (Å²) in [5.74, 6) is -3.62. The van der Waals surface area contributed by atoms with E-state index in [-0.39, 0.29) is 87.0 Å². The maximum atomic E-state index is 12.5. The van der Waals surface area contributed by atoms with Gasteiger partial charge >= 0.3 is 64.8 Å². The molecule has 47 heavy (non-hydrogen) atoms. The maximum Gasteiger partial charge on any atom is 1.00 e. The number of aromatic hydroxyl groups is 2. The molecule has 0 radical (unpaired) electrons. The summed E-state index contributed by atoms with van der Waals surface area (Å²) >= 11 is 0. The van der Waals surface area contributed by atoms with Crippen molar-refractivity contribution in [2.75, 3.05) is 5.43 Å². The Balaban J connectivity index is 0.00000368. The van der Waals surface area contributed by atoms with Gasteiger partial charge in [0.05, 0.1) is 37.5 Å². The van der Waals surface area contributed by atoms with Crippen LogP contribution in [0.2, 0.25) is 0 Å². The van der Waals surface area contributed by atoms with Crippen molar-refractivity contribution in [2.45, 2.75) is 9.79 Å². The van der Waals surface area contributed by atoms with E-state index in [2.05, 4.69) is 20.8 Å². The normalized spacial score (nSPS) is 14.0. The van der Waals surface area contributed by atoms with E-state index < -0.39 is 97.1 Å². The molecule has 25 heteroatoms. The smallest absolute Gasteiger partial charge is 0.507 e. The van der Waals surface area contributed by atoms with Crippen LogP contribution in [0.3, 0.4) is 0 Å². The monoisotopic (exact) mass is 752 g/mol. The minimum Gasteiger partial charge on any atom is -0.507 e. The molecule has 3 aromatic carbocycles. The largest absolute Gasteiger partial charge is 1.00 e. The Hall–Kier alpha value is -3.32. The number of carbonyl (C=O) groups excluding carboxylic acids is 1. The number of rotatable bonds is 8. The average molecular weight is 752 g/mol. The van der Waals surface area contributed by atoms with Crippen LogP contribution in [0.25, 0.3) is 10.8 Å². The zero-order chi connectivity index (χ0) is 32.7. The van der Waals surface area contributed by atoms with E-state index in [0.717, 1.165) is 24.3 Å². The molecule has 20 nitrogen and oxygen atoms in total. The molecule has 0 aromatic heterocycles. The number of hydrogen-bond donors (Lipinski definition) is 6. The molecule has 6 N–H and O–H groups in total. The molecule has 0 fully saturated rings. The van der Waals surface area contributed by atoms with Gasteiger partial charge < -0.3 is 15.3 Å². The number of azo groups is 1. The zero-order valence-corrected chi connectivity index (χ0v) is 30.2. The van der Waals surface area contributed by atoms with Gasteiger partial charge in [-0.15, -0.1) is 10.2 Å². The van der Waals surface area contributed by atoms with E-state index in [9.17, 15) is 66.3 Å². The number of phenols is 2. The van der Waals surface area contributed by atoms with Crippen molar-refractivity contribution in [3.05, 3.63) is 80.2 Å². The number of nitrogens with zero attached hydrogens (tertiary/aromatic N) is 5. The molecule has 0 saturated heterocycles. The molecule has 4 rings (SSSR count). The molecule has 0 aliphatic heterocycles. The second-order valence-corrected chi connectivity index (χ2v) is 11.4. The maximum absolute atomic E-state index is 12.5. The first-order chi connectivity index (χ1) is 20.4. The number of nitrogens with one attached hydrogen (secondary N) is 1. The Morgan fingerprint density at radius 1 is 0.766 bits per heavy atom. The Morgan fingerprint density at radius 3 is 1.87 bits per heavy atom. The summed E-state index contributed by atoms with van der Waals surface area (Å²) in [5, 5.41) is 63.1. The van der Waals surface area contributed by atoms with Crippen LogP contribution in [0.4, 0.5) is 22.7 Å². The molecule has 0 atom stereocenters. The third kappa shape index (κ3) is 9.40. The number of anilines is 1. The number of aliphatic hydroxyl groups is 1. The number of allylic oxidation sites excluding steroid dienone is 2. The summed E-state index contributed by atoms with van der Waals surface area (Å²) in [4.78, 5) is 31.0. The molecule has 3 aromatic rings. The van der Waals surface area contributed by atoms with Crippen molar-refractivity contribution in [3.8, 4) is 11.5 Å². The number of carbonyl (C=O) groups is 1. The van der Waals surface area contributed by atoms with Crippen molar-refractivity contribution in [3.63, 3.8) is 0 Å². The summed E-state index contributed by atoms with van der Waals surface area (Å²) in [6.45, 7) is 0. The third-order valence-corrected chi connectivity index (χ3v) is 7.31. The fourth-order valence-corrected chi connectivity index (χ4v) is 4.78. The number of ketones is 1. The Morgan fingerprint density at radius 2 is 1.34 bits per heavy atom. The van der Waals surface area contributed by atoms with Crippen LogP contribution in [0.15, 0.2) is 85.1 Å². The van der Waals surface area contributed by atoms with Crippen LogP contribution in [-0.2, 0) is 42.1 Å². The van der Waals surface area contributed by atoms with Gasteiger partial charge in [-0.3, -0.25) is 39.6 Å². The number of hydrazone groups is 1. The molecular weight excluding hydrogens is 738 g/mol. The fraction of sp³-hybridized carbons (Fsp3) is 0. The molecule has 1 aliphatic rings. The van der Waals surface area contributed by atoms with Gasteiger partial charge in [0.15, 0.2) is 5.75 Å². The number of nitro benzene ring substituents is 2. The summed E-state index contributed by atoms with van der Waals surface area (Å²) in [7, 11) is -9.81. The molecule has 1 aliphatic carbocycles. The Labute approximate surface area is 316 Å². The minimum atomic E-state index is -4.94. The van der Waals surface area contributed by atoms with Crippen molar-refractivity contribution in [1.82, 2.24) is 0 Å². The first-order valence-electron chi connectivity index (χ1n) is 11.2. The van der Waals surface area contributed by atoms with E-state index in [0.29, 0.717) is 24.3 Å². The number of nitro groups is 2. The minimum absolute atomic E-state index is 0. The van der Waals surface area contributed by atoms with E-state index in [1.165, 1.54) is 0 Å². The topological polar surface area (TPSA) is 322 Å². The number of fused-ring (bicyclic) bond motifs is 1. The second kappa shape index (κ2) is 15.7. The van der Waals surface area contributed by atoms with Crippen LogP contribution < -0.4 is 64.5 Å². The van der Waals surface area contributed by atoms with E-state index in [1.807, 2.05) is 0 Å². The Kier molecular flexibility index (Phi) is 13.9. The van der Waals surface area contributed by atoms with Crippen LogP contribution in [0.1, 0.15) is 0 Å². The standard InChI is InChI=1S/C22H14N6O14S2.Fe.2Na/c29-17-8-18(30)14(24-26-22-16(28(35)36)3-10(27(33)34)4-20(22)32)7-13(17)23-25-15-5-11(43(37,38)39)1-9-2-12(44(40,41)42)6-19(31)21(9)15;;;/h1-8,25,30-32H,(H,37,38,39)(H,40,41,42);;;/q;;2*+1/b23-13-,26-24?;;;. The molecule has 0 spiro atoms. The quantitative estimate of drug-likeness (QED) is 0.0334. The fourth-order valence-electron chi connectivity index (χ4n) is 3.70.